The van der Waals surface area contributed by atoms with Crippen molar-refractivity contribution in [3.63, 3.8) is 0 Å². The highest BCUT2D eigenvalue weighted by Crippen LogP contribution is 2.43. The molecule has 30 heavy (non-hydrogen) atoms. The van der Waals surface area contributed by atoms with Gasteiger partial charge in [-0.1, -0.05) is 18.9 Å². The number of guanidine groups is 1. The molecule has 2 fully saturated rings. The van der Waals surface area contributed by atoms with Gasteiger partial charge in [-0.25, -0.2) is 0 Å². The number of hydrogen-bond donors (Lipinski definition) is 2. The van der Waals surface area contributed by atoms with Gasteiger partial charge in [0.05, 0.1) is 12.7 Å². The maximum absolute atomic E-state index is 5.83. The van der Waals surface area contributed by atoms with Crippen LogP contribution in [0.4, 0.5) is 0 Å². The van der Waals surface area contributed by atoms with Crippen LogP contribution in [-0.4, -0.2) is 65.2 Å². The highest BCUT2D eigenvalue weighted by molar-refractivity contribution is 5.79. The van der Waals surface area contributed by atoms with E-state index in [4.69, 9.17) is 18.9 Å². The normalized spacial score (nSPS) is 22.8. The molecule has 1 aliphatic carbocycles. The molecule has 1 saturated heterocycles. The van der Waals surface area contributed by atoms with Gasteiger partial charge in [-0.3, -0.25) is 4.99 Å². The van der Waals surface area contributed by atoms with Gasteiger partial charge in [-0.15, -0.1) is 0 Å². The van der Waals surface area contributed by atoms with Gasteiger partial charge in [0.1, 0.15) is 13.2 Å². The Morgan fingerprint density at radius 3 is 2.73 bits per heavy atom. The van der Waals surface area contributed by atoms with Crippen molar-refractivity contribution < 1.29 is 18.9 Å². The first-order chi connectivity index (χ1) is 14.8. The van der Waals surface area contributed by atoms with E-state index in [9.17, 15) is 0 Å². The van der Waals surface area contributed by atoms with Gasteiger partial charge >= 0.3 is 0 Å². The Kier molecular flexibility index (Phi) is 7.33. The lowest BCUT2D eigenvalue weighted by Crippen LogP contribution is -2.45. The van der Waals surface area contributed by atoms with E-state index in [1.165, 1.54) is 31.2 Å². The molecule has 2 N–H and O–H groups in total. The number of benzene rings is 1. The molecular weight excluding hydrogens is 382 g/mol. The maximum Gasteiger partial charge on any atom is 0.191 e. The topological polar surface area (TPSA) is 73.3 Å². The summed E-state index contributed by atoms with van der Waals surface area (Å²) in [4.78, 5) is 4.41. The van der Waals surface area contributed by atoms with E-state index >= 15 is 0 Å². The monoisotopic (exact) mass is 417 g/mol. The average molecular weight is 418 g/mol. The summed E-state index contributed by atoms with van der Waals surface area (Å²) in [6.45, 7) is 5.26. The zero-order chi connectivity index (χ0) is 20.7. The van der Waals surface area contributed by atoms with Crippen molar-refractivity contribution in [2.45, 2.75) is 50.0 Å². The van der Waals surface area contributed by atoms with Gasteiger partial charge in [-0.05, 0) is 43.4 Å². The van der Waals surface area contributed by atoms with Crippen LogP contribution in [0.25, 0.3) is 0 Å². The fourth-order valence-electron chi connectivity index (χ4n) is 4.64. The van der Waals surface area contributed by atoms with Gasteiger partial charge in [-0.2, -0.15) is 0 Å². The van der Waals surface area contributed by atoms with Crippen LogP contribution in [0, 0.1) is 0 Å². The number of hydrogen-bond acceptors (Lipinski definition) is 5. The zero-order valence-corrected chi connectivity index (χ0v) is 18.1. The fraction of sp³-hybridized carbons (Fsp3) is 0.696. The van der Waals surface area contributed by atoms with E-state index in [-0.39, 0.29) is 11.5 Å². The van der Waals surface area contributed by atoms with Crippen molar-refractivity contribution in [1.29, 1.82) is 0 Å². The molecule has 4 rings (SSSR count). The number of ether oxygens (including phenoxy) is 4. The van der Waals surface area contributed by atoms with E-state index in [2.05, 4.69) is 33.8 Å². The van der Waals surface area contributed by atoms with Gasteiger partial charge in [0, 0.05) is 38.8 Å². The van der Waals surface area contributed by atoms with E-state index in [0.29, 0.717) is 13.2 Å². The third kappa shape index (κ3) is 5.19. The van der Waals surface area contributed by atoms with Crippen LogP contribution in [0.5, 0.6) is 11.5 Å². The summed E-state index contributed by atoms with van der Waals surface area (Å²) < 4.78 is 22.7. The predicted octanol–water partition coefficient (Wildman–Crippen LogP) is 2.63. The number of nitrogens with one attached hydrogen (secondary N) is 2. The van der Waals surface area contributed by atoms with Gasteiger partial charge < -0.3 is 29.6 Å². The zero-order valence-electron chi connectivity index (χ0n) is 18.1. The van der Waals surface area contributed by atoms with E-state index < -0.39 is 0 Å². The Morgan fingerprint density at radius 1 is 1.13 bits per heavy atom. The molecular formula is C23H35N3O4. The summed E-state index contributed by atoms with van der Waals surface area (Å²) in [6.07, 6.45) is 7.09. The molecule has 0 radical (unpaired) electrons. The molecule has 3 aliphatic rings. The van der Waals surface area contributed by atoms with Crippen molar-refractivity contribution >= 4 is 5.96 Å². The molecule has 1 unspecified atom stereocenters. The highest BCUT2D eigenvalue weighted by atomic mass is 16.6. The maximum atomic E-state index is 5.83. The summed E-state index contributed by atoms with van der Waals surface area (Å²) in [5, 5.41) is 6.99. The van der Waals surface area contributed by atoms with Crippen molar-refractivity contribution in [2.24, 2.45) is 4.99 Å². The minimum Gasteiger partial charge on any atom is -0.486 e. The third-order valence-electron chi connectivity index (χ3n) is 6.39. The molecule has 1 aromatic carbocycles. The summed E-state index contributed by atoms with van der Waals surface area (Å²) in [5.74, 6) is 2.58. The molecule has 166 valence electrons. The fourth-order valence-corrected chi connectivity index (χ4v) is 4.64. The summed E-state index contributed by atoms with van der Waals surface area (Å²) in [6, 6.07) is 6.45. The number of nitrogens with zero attached hydrogens (tertiary/aromatic N) is 1. The molecule has 2 heterocycles. The van der Waals surface area contributed by atoms with Crippen LogP contribution in [0.1, 0.15) is 44.1 Å². The third-order valence-corrected chi connectivity index (χ3v) is 6.39. The van der Waals surface area contributed by atoms with E-state index in [1.54, 1.807) is 0 Å². The van der Waals surface area contributed by atoms with Crippen LogP contribution in [0.3, 0.4) is 0 Å². The van der Waals surface area contributed by atoms with Crippen molar-refractivity contribution in [1.82, 2.24) is 10.6 Å². The first-order valence-corrected chi connectivity index (χ1v) is 11.3. The number of rotatable bonds is 8. The molecule has 2 aliphatic heterocycles. The average Bonchev–Trinajstić information content (AvgIpc) is 3.48. The van der Waals surface area contributed by atoms with Crippen molar-refractivity contribution in [2.75, 3.05) is 53.2 Å². The molecule has 0 spiro atoms. The molecule has 0 bridgehead atoms. The first-order valence-electron chi connectivity index (χ1n) is 11.3. The Hall–Kier alpha value is -1.99. The number of fused-ring (bicyclic) bond motifs is 1. The summed E-state index contributed by atoms with van der Waals surface area (Å²) >= 11 is 0. The van der Waals surface area contributed by atoms with Gasteiger partial charge in [0.2, 0.25) is 0 Å². The van der Waals surface area contributed by atoms with Gasteiger partial charge in [0.15, 0.2) is 17.5 Å². The molecule has 7 heteroatoms. The summed E-state index contributed by atoms with van der Waals surface area (Å²) in [5.41, 5.74) is 1.44. The predicted molar refractivity (Wildman–Crippen MR) is 117 cm³/mol. The van der Waals surface area contributed by atoms with Crippen LogP contribution in [0.2, 0.25) is 0 Å². The number of aliphatic imine (C=N–C) groups is 1. The second-order valence-electron chi connectivity index (χ2n) is 8.41. The molecule has 1 atom stereocenters. The SMILES string of the molecule is CN=C(NCCCOC1CCOC1)NCC1(c2ccc3c(c2)OCCO3)CCCC1. The first kappa shape index (κ1) is 21.2. The Bertz CT molecular complexity index is 712. The lowest BCUT2D eigenvalue weighted by atomic mass is 9.78. The highest BCUT2D eigenvalue weighted by Gasteiger charge is 2.36. The molecule has 1 aromatic rings. The lowest BCUT2D eigenvalue weighted by molar-refractivity contribution is 0.0420. The van der Waals surface area contributed by atoms with Crippen LogP contribution >= 0.6 is 0 Å². The molecule has 0 aromatic heterocycles. The summed E-state index contributed by atoms with van der Waals surface area (Å²) in [7, 11) is 1.83. The quantitative estimate of drug-likeness (QED) is 0.385. The Labute approximate surface area is 179 Å². The minimum atomic E-state index is 0.110. The smallest absolute Gasteiger partial charge is 0.191 e. The molecule has 1 saturated carbocycles. The van der Waals surface area contributed by atoms with Crippen LogP contribution < -0.4 is 20.1 Å². The second kappa shape index (κ2) is 10.4. The van der Waals surface area contributed by atoms with Crippen molar-refractivity contribution in [3.8, 4) is 11.5 Å². The van der Waals surface area contributed by atoms with E-state index in [0.717, 1.165) is 63.2 Å². The molecule has 0 amide bonds. The Balaban J connectivity index is 1.28. The Morgan fingerprint density at radius 2 is 1.97 bits per heavy atom. The largest absolute Gasteiger partial charge is 0.486 e. The molecule has 7 nitrogen and oxygen atoms in total. The van der Waals surface area contributed by atoms with Crippen molar-refractivity contribution in [3.05, 3.63) is 23.8 Å². The van der Waals surface area contributed by atoms with Gasteiger partial charge in [0.25, 0.3) is 0 Å². The van der Waals surface area contributed by atoms with Crippen LogP contribution in [0.15, 0.2) is 23.2 Å². The minimum absolute atomic E-state index is 0.110. The lowest BCUT2D eigenvalue weighted by Gasteiger charge is -2.32. The van der Waals surface area contributed by atoms with E-state index in [1.807, 2.05) is 7.05 Å². The standard InChI is InChI=1S/C23H35N3O4/c1-24-22(25-10-4-11-28-19-7-12-27-16-19)26-17-23(8-2-3-9-23)18-5-6-20-21(15-18)30-14-13-29-20/h5-6,15,19H,2-4,7-14,16-17H2,1H3,(H2,24,25,26). The second-order valence-corrected chi connectivity index (χ2v) is 8.41. The van der Waals surface area contributed by atoms with Crippen LogP contribution in [-0.2, 0) is 14.9 Å².